The molecule has 1 atom stereocenters. The Morgan fingerprint density at radius 3 is 2.55 bits per heavy atom. The minimum absolute atomic E-state index is 0. The molecule has 1 fully saturated rings. The Kier molecular flexibility index (Phi) is 6.85. The van der Waals surface area contributed by atoms with Gasteiger partial charge in [-0.05, 0) is 30.9 Å². The van der Waals surface area contributed by atoms with E-state index in [1.165, 1.54) is 0 Å². The Labute approximate surface area is 140 Å². The number of para-hydroxylation sites is 1. The van der Waals surface area contributed by atoms with Crippen molar-refractivity contribution in [2.24, 2.45) is 11.1 Å². The highest BCUT2D eigenvalue weighted by Crippen LogP contribution is 2.27. The van der Waals surface area contributed by atoms with E-state index in [2.05, 4.69) is 18.7 Å². The average Bonchev–Trinajstić information content (AvgIpc) is 2.44. The monoisotopic (exact) mass is 325 g/mol. The summed E-state index contributed by atoms with van der Waals surface area (Å²) in [4.78, 5) is 16.7. The summed E-state index contributed by atoms with van der Waals surface area (Å²) in [5.41, 5.74) is 7.20. The third-order valence-electron chi connectivity index (χ3n) is 4.44. The third-order valence-corrected chi connectivity index (χ3v) is 4.44. The van der Waals surface area contributed by atoms with Gasteiger partial charge in [0.25, 0.3) is 0 Å². The number of amides is 1. The lowest BCUT2D eigenvalue weighted by Crippen LogP contribution is -2.54. The van der Waals surface area contributed by atoms with Crippen molar-refractivity contribution in [3.05, 3.63) is 30.3 Å². The zero-order valence-electron chi connectivity index (χ0n) is 13.8. The molecule has 1 aliphatic heterocycles. The van der Waals surface area contributed by atoms with Gasteiger partial charge in [-0.25, -0.2) is 0 Å². The van der Waals surface area contributed by atoms with E-state index < -0.39 is 0 Å². The van der Waals surface area contributed by atoms with Crippen LogP contribution in [0.25, 0.3) is 0 Å². The Balaban J connectivity index is 0.00000242. The fraction of sp³-hybridized carbons (Fsp3) is 0.588. The van der Waals surface area contributed by atoms with Crippen molar-refractivity contribution in [2.75, 3.05) is 31.1 Å². The minimum atomic E-state index is 0. The number of carbonyl (C=O) groups is 1. The van der Waals surface area contributed by atoms with Crippen LogP contribution in [-0.2, 0) is 4.79 Å². The summed E-state index contributed by atoms with van der Waals surface area (Å²) >= 11 is 0. The van der Waals surface area contributed by atoms with Crippen LogP contribution in [0.3, 0.4) is 0 Å². The third kappa shape index (κ3) is 4.45. The average molecular weight is 326 g/mol. The predicted octanol–water partition coefficient (Wildman–Crippen LogP) is 2.52. The fourth-order valence-corrected chi connectivity index (χ4v) is 3.01. The van der Waals surface area contributed by atoms with Gasteiger partial charge in [0.05, 0.1) is 6.54 Å². The molecule has 5 heteroatoms. The largest absolute Gasteiger partial charge is 0.327 e. The van der Waals surface area contributed by atoms with E-state index in [9.17, 15) is 4.79 Å². The van der Waals surface area contributed by atoms with Crippen LogP contribution in [0, 0.1) is 5.41 Å². The molecule has 1 amide bonds. The SMILES string of the molecule is CCN(C(=O)CN1CCC(N)C(C)(C)C1)c1ccccc1.Cl. The molecule has 1 unspecified atom stereocenters. The van der Waals surface area contributed by atoms with Gasteiger partial charge in [0.2, 0.25) is 5.91 Å². The molecule has 0 aliphatic carbocycles. The molecule has 2 rings (SSSR count). The molecule has 1 heterocycles. The maximum Gasteiger partial charge on any atom is 0.241 e. The van der Waals surface area contributed by atoms with Crippen molar-refractivity contribution >= 4 is 24.0 Å². The van der Waals surface area contributed by atoms with Crippen molar-refractivity contribution in [2.45, 2.75) is 33.2 Å². The van der Waals surface area contributed by atoms with E-state index in [-0.39, 0.29) is 29.8 Å². The number of piperidine rings is 1. The molecule has 2 N–H and O–H groups in total. The molecule has 1 aliphatic rings. The molecule has 0 spiro atoms. The second kappa shape index (κ2) is 7.95. The number of nitrogens with two attached hydrogens (primary N) is 1. The highest BCUT2D eigenvalue weighted by molar-refractivity contribution is 5.94. The maximum absolute atomic E-state index is 12.6. The number of hydrogen-bond acceptors (Lipinski definition) is 3. The first-order valence-corrected chi connectivity index (χ1v) is 7.77. The van der Waals surface area contributed by atoms with Crippen LogP contribution in [0.1, 0.15) is 27.2 Å². The highest BCUT2D eigenvalue weighted by Gasteiger charge is 2.34. The number of halogens is 1. The molecule has 1 aromatic carbocycles. The topological polar surface area (TPSA) is 49.6 Å². The predicted molar refractivity (Wildman–Crippen MR) is 94.5 cm³/mol. The number of nitrogens with zero attached hydrogens (tertiary/aromatic N) is 2. The summed E-state index contributed by atoms with van der Waals surface area (Å²) in [6.07, 6.45) is 0.956. The van der Waals surface area contributed by atoms with Gasteiger partial charge in [0.15, 0.2) is 0 Å². The molecule has 22 heavy (non-hydrogen) atoms. The normalized spacial score (nSPS) is 21.0. The number of hydrogen-bond donors (Lipinski definition) is 1. The van der Waals surface area contributed by atoms with Crippen molar-refractivity contribution < 1.29 is 4.79 Å². The van der Waals surface area contributed by atoms with E-state index in [4.69, 9.17) is 5.73 Å². The quantitative estimate of drug-likeness (QED) is 0.925. The number of likely N-dealkylation sites (N-methyl/N-ethyl adjacent to an activating group) is 1. The van der Waals surface area contributed by atoms with Crippen molar-refractivity contribution in [3.8, 4) is 0 Å². The van der Waals surface area contributed by atoms with Crippen LogP contribution in [0.2, 0.25) is 0 Å². The number of rotatable bonds is 4. The first kappa shape index (κ1) is 18.9. The number of benzene rings is 1. The fourth-order valence-electron chi connectivity index (χ4n) is 3.01. The summed E-state index contributed by atoms with van der Waals surface area (Å²) in [7, 11) is 0. The lowest BCUT2D eigenvalue weighted by Gasteiger charge is -2.42. The van der Waals surface area contributed by atoms with Gasteiger partial charge in [-0.1, -0.05) is 32.0 Å². The summed E-state index contributed by atoms with van der Waals surface area (Å²) in [6.45, 7) is 9.33. The smallest absolute Gasteiger partial charge is 0.241 e. The van der Waals surface area contributed by atoms with Crippen molar-refractivity contribution in [1.82, 2.24) is 4.90 Å². The standard InChI is InChI=1S/C17H27N3O.ClH/c1-4-20(14-8-6-5-7-9-14)16(21)12-19-11-10-15(18)17(2,3)13-19;/h5-9,15H,4,10-13,18H2,1-3H3;1H. The van der Waals surface area contributed by atoms with Crippen LogP contribution >= 0.6 is 12.4 Å². The Morgan fingerprint density at radius 1 is 1.36 bits per heavy atom. The van der Waals surface area contributed by atoms with Gasteiger partial charge in [-0.2, -0.15) is 0 Å². The molecular formula is C17H28ClN3O. The summed E-state index contributed by atoms with van der Waals surface area (Å²) in [6, 6.07) is 10.1. The van der Waals surface area contributed by atoms with Gasteiger partial charge in [-0.3, -0.25) is 9.69 Å². The molecule has 0 bridgehead atoms. The van der Waals surface area contributed by atoms with Crippen molar-refractivity contribution in [3.63, 3.8) is 0 Å². The van der Waals surface area contributed by atoms with Crippen molar-refractivity contribution in [1.29, 1.82) is 0 Å². The second-order valence-corrected chi connectivity index (χ2v) is 6.57. The van der Waals surface area contributed by atoms with E-state index in [0.29, 0.717) is 13.1 Å². The number of carbonyl (C=O) groups excluding carboxylic acids is 1. The molecule has 0 radical (unpaired) electrons. The van der Waals surface area contributed by atoms with Gasteiger partial charge < -0.3 is 10.6 Å². The van der Waals surface area contributed by atoms with Crippen LogP contribution < -0.4 is 10.6 Å². The molecule has 0 saturated carbocycles. The Hall–Kier alpha value is -1.10. The molecular weight excluding hydrogens is 298 g/mol. The zero-order chi connectivity index (χ0) is 15.5. The zero-order valence-corrected chi connectivity index (χ0v) is 14.6. The molecule has 1 saturated heterocycles. The van der Waals surface area contributed by atoms with Gasteiger partial charge >= 0.3 is 0 Å². The maximum atomic E-state index is 12.6. The first-order chi connectivity index (χ1) is 9.94. The molecule has 124 valence electrons. The summed E-state index contributed by atoms with van der Waals surface area (Å²) in [5, 5.41) is 0. The van der Waals surface area contributed by atoms with E-state index >= 15 is 0 Å². The molecule has 0 aromatic heterocycles. The van der Waals surface area contributed by atoms with Crippen LogP contribution in [0.15, 0.2) is 30.3 Å². The Morgan fingerprint density at radius 2 is 2.00 bits per heavy atom. The molecule has 4 nitrogen and oxygen atoms in total. The minimum Gasteiger partial charge on any atom is -0.327 e. The molecule has 1 aromatic rings. The Bertz CT molecular complexity index is 478. The number of anilines is 1. The van der Waals surface area contributed by atoms with Crippen LogP contribution in [-0.4, -0.2) is 43.0 Å². The second-order valence-electron chi connectivity index (χ2n) is 6.57. The van der Waals surface area contributed by atoms with E-state index in [1.54, 1.807) is 0 Å². The highest BCUT2D eigenvalue weighted by atomic mass is 35.5. The van der Waals surface area contributed by atoms with Gasteiger partial charge in [0.1, 0.15) is 0 Å². The van der Waals surface area contributed by atoms with Crippen LogP contribution in [0.4, 0.5) is 5.69 Å². The van der Waals surface area contributed by atoms with Crippen LogP contribution in [0.5, 0.6) is 0 Å². The summed E-state index contributed by atoms with van der Waals surface area (Å²) in [5.74, 6) is 0.162. The van der Waals surface area contributed by atoms with Gasteiger partial charge in [-0.15, -0.1) is 12.4 Å². The van der Waals surface area contributed by atoms with Gasteiger partial charge in [0, 0.05) is 31.4 Å². The lowest BCUT2D eigenvalue weighted by molar-refractivity contribution is -0.120. The summed E-state index contributed by atoms with van der Waals surface area (Å²) < 4.78 is 0. The lowest BCUT2D eigenvalue weighted by atomic mass is 9.80. The first-order valence-electron chi connectivity index (χ1n) is 7.77. The van der Waals surface area contributed by atoms with E-state index in [1.807, 2.05) is 42.2 Å². The number of likely N-dealkylation sites (tertiary alicyclic amines) is 1. The van der Waals surface area contributed by atoms with E-state index in [0.717, 1.165) is 25.2 Å².